The second-order valence-corrected chi connectivity index (χ2v) is 6.56. The molecule has 0 saturated heterocycles. The maximum absolute atomic E-state index is 12.5. The van der Waals surface area contributed by atoms with Crippen molar-refractivity contribution in [2.45, 2.75) is 6.92 Å². The third-order valence-corrected chi connectivity index (χ3v) is 4.71. The molecule has 6 heteroatoms. The molecule has 29 heavy (non-hydrogen) atoms. The molecule has 0 unspecified atom stereocenters. The lowest BCUT2D eigenvalue weighted by Crippen LogP contribution is -2.19. The fourth-order valence-corrected chi connectivity index (χ4v) is 3.14. The maximum atomic E-state index is 12.5. The third kappa shape index (κ3) is 3.87. The van der Waals surface area contributed by atoms with Gasteiger partial charge in [0.15, 0.2) is 0 Å². The fraction of sp³-hybridized carbons (Fsp3) is 0.0870. The van der Waals surface area contributed by atoms with Gasteiger partial charge in [0.25, 0.3) is 5.91 Å². The molecule has 0 bridgehead atoms. The highest BCUT2D eigenvalue weighted by atomic mass is 16.5. The average Bonchev–Trinajstić information content (AvgIpc) is 3.27. The summed E-state index contributed by atoms with van der Waals surface area (Å²) in [4.78, 5) is 12.5. The third-order valence-electron chi connectivity index (χ3n) is 4.71. The number of aromatic amines is 1. The molecule has 0 aliphatic heterocycles. The molecule has 2 N–H and O–H groups in total. The van der Waals surface area contributed by atoms with E-state index < -0.39 is 0 Å². The number of ether oxygens (including phenoxy) is 1. The lowest BCUT2D eigenvalue weighted by molar-refractivity contribution is 0.0950. The van der Waals surface area contributed by atoms with Crippen LogP contribution >= 0.6 is 0 Å². The van der Waals surface area contributed by atoms with Crippen molar-refractivity contribution in [2.75, 3.05) is 7.11 Å². The Bertz CT molecular complexity index is 1190. The summed E-state index contributed by atoms with van der Waals surface area (Å²) in [6.45, 7) is 1.87. The topological polar surface area (TPSA) is 79.4 Å². The summed E-state index contributed by atoms with van der Waals surface area (Å²) in [5.41, 5.74) is 6.21. The van der Waals surface area contributed by atoms with Crippen LogP contribution in [0.2, 0.25) is 0 Å². The second-order valence-electron chi connectivity index (χ2n) is 6.56. The van der Waals surface area contributed by atoms with E-state index in [1.54, 1.807) is 13.2 Å². The molecule has 3 aromatic carbocycles. The van der Waals surface area contributed by atoms with Crippen LogP contribution in [-0.2, 0) is 0 Å². The zero-order valence-electron chi connectivity index (χ0n) is 16.1. The summed E-state index contributed by atoms with van der Waals surface area (Å²) in [5.74, 6) is 0.414. The van der Waals surface area contributed by atoms with Gasteiger partial charge in [-0.3, -0.25) is 9.89 Å². The van der Waals surface area contributed by atoms with Crippen LogP contribution in [0.1, 0.15) is 23.0 Å². The van der Waals surface area contributed by atoms with Gasteiger partial charge in [0.2, 0.25) is 0 Å². The first-order valence-corrected chi connectivity index (χ1v) is 9.18. The lowest BCUT2D eigenvalue weighted by Gasteiger charge is -2.06. The Balaban J connectivity index is 1.51. The number of aromatic nitrogens is 2. The molecule has 0 aliphatic rings. The van der Waals surface area contributed by atoms with Crippen LogP contribution < -0.4 is 10.2 Å². The van der Waals surface area contributed by atoms with Crippen LogP contribution in [-0.4, -0.2) is 28.9 Å². The number of fused-ring (bicyclic) bond motifs is 1. The average molecular weight is 384 g/mol. The predicted molar refractivity (Wildman–Crippen MR) is 114 cm³/mol. The monoisotopic (exact) mass is 384 g/mol. The number of carbonyl (C=O) groups is 1. The first kappa shape index (κ1) is 18.4. The number of rotatable bonds is 5. The summed E-state index contributed by atoms with van der Waals surface area (Å²) in [6, 6.07) is 23.3. The normalized spacial score (nSPS) is 11.4. The summed E-state index contributed by atoms with van der Waals surface area (Å²) in [6.07, 6.45) is 0. The van der Waals surface area contributed by atoms with E-state index in [-0.39, 0.29) is 5.91 Å². The molecule has 0 radical (unpaired) electrons. The fourth-order valence-electron chi connectivity index (χ4n) is 3.14. The maximum Gasteiger partial charge on any atom is 0.289 e. The van der Waals surface area contributed by atoms with E-state index in [0.717, 1.165) is 33.4 Å². The van der Waals surface area contributed by atoms with E-state index in [1.165, 1.54) is 0 Å². The number of nitrogens with zero attached hydrogens (tertiary/aromatic N) is 2. The number of benzene rings is 3. The Morgan fingerprint density at radius 3 is 2.59 bits per heavy atom. The van der Waals surface area contributed by atoms with Crippen LogP contribution in [0, 0.1) is 0 Å². The van der Waals surface area contributed by atoms with Crippen molar-refractivity contribution in [3.8, 4) is 17.0 Å². The summed E-state index contributed by atoms with van der Waals surface area (Å²) in [5, 5.41) is 13.5. The number of hydrazone groups is 1. The molecular weight excluding hydrogens is 364 g/mol. The van der Waals surface area contributed by atoms with Crippen molar-refractivity contribution in [1.82, 2.24) is 15.6 Å². The second kappa shape index (κ2) is 7.98. The molecule has 1 heterocycles. The minimum atomic E-state index is -0.350. The van der Waals surface area contributed by atoms with Gasteiger partial charge in [-0.05, 0) is 48.0 Å². The van der Waals surface area contributed by atoms with Crippen molar-refractivity contribution >= 4 is 22.4 Å². The number of carbonyl (C=O) groups excluding carboxylic acids is 1. The molecule has 0 atom stereocenters. The highest BCUT2D eigenvalue weighted by Gasteiger charge is 2.11. The van der Waals surface area contributed by atoms with Crippen LogP contribution in [0.15, 0.2) is 77.9 Å². The number of methoxy groups -OCH3 is 1. The van der Waals surface area contributed by atoms with Crippen molar-refractivity contribution in [3.63, 3.8) is 0 Å². The van der Waals surface area contributed by atoms with Crippen LogP contribution in [0.4, 0.5) is 0 Å². The van der Waals surface area contributed by atoms with Gasteiger partial charge < -0.3 is 4.74 Å². The number of hydrogen-bond donors (Lipinski definition) is 2. The molecule has 6 nitrogen and oxygen atoms in total. The zero-order chi connectivity index (χ0) is 20.2. The Morgan fingerprint density at radius 2 is 1.79 bits per heavy atom. The minimum Gasteiger partial charge on any atom is -0.497 e. The van der Waals surface area contributed by atoms with E-state index in [0.29, 0.717) is 11.4 Å². The SMILES string of the molecule is COc1ccc(-c2cc(C(=O)N/N=C(\C)c3cccc4ccccc34)[nH]n2)cc1. The quantitative estimate of drug-likeness (QED) is 0.396. The first-order chi connectivity index (χ1) is 14.2. The van der Waals surface area contributed by atoms with Gasteiger partial charge in [-0.15, -0.1) is 0 Å². The first-order valence-electron chi connectivity index (χ1n) is 9.18. The van der Waals surface area contributed by atoms with Crippen LogP contribution in [0.5, 0.6) is 5.75 Å². The summed E-state index contributed by atoms with van der Waals surface area (Å²) in [7, 11) is 1.62. The van der Waals surface area contributed by atoms with Crippen molar-refractivity contribution in [1.29, 1.82) is 0 Å². The number of nitrogens with one attached hydrogen (secondary N) is 2. The largest absolute Gasteiger partial charge is 0.497 e. The number of amides is 1. The van der Waals surface area contributed by atoms with E-state index in [1.807, 2.05) is 61.5 Å². The Labute approximate surface area is 168 Å². The standard InChI is InChI=1S/C23H20N4O2/c1-15(19-9-5-7-16-6-3-4-8-20(16)19)24-27-23(28)22-14-21(25-26-22)17-10-12-18(29-2)13-11-17/h3-14H,1-2H3,(H,25,26)(H,27,28)/b24-15+. The van der Waals surface area contributed by atoms with Gasteiger partial charge in [-0.2, -0.15) is 10.2 Å². The molecule has 144 valence electrons. The van der Waals surface area contributed by atoms with Crippen molar-refractivity contribution in [3.05, 3.63) is 84.1 Å². The van der Waals surface area contributed by atoms with Gasteiger partial charge in [0, 0.05) is 11.1 Å². The van der Waals surface area contributed by atoms with E-state index in [9.17, 15) is 4.79 Å². The van der Waals surface area contributed by atoms with Crippen LogP contribution in [0.25, 0.3) is 22.0 Å². The van der Waals surface area contributed by atoms with Gasteiger partial charge >= 0.3 is 0 Å². The van der Waals surface area contributed by atoms with Crippen molar-refractivity contribution < 1.29 is 9.53 Å². The van der Waals surface area contributed by atoms with E-state index >= 15 is 0 Å². The highest BCUT2D eigenvalue weighted by Crippen LogP contribution is 2.21. The molecule has 0 fully saturated rings. The number of H-pyrrole nitrogens is 1. The molecule has 1 amide bonds. The lowest BCUT2D eigenvalue weighted by atomic mass is 10.0. The van der Waals surface area contributed by atoms with Crippen molar-refractivity contribution in [2.24, 2.45) is 5.10 Å². The highest BCUT2D eigenvalue weighted by molar-refractivity contribution is 6.10. The number of hydrogen-bond acceptors (Lipinski definition) is 4. The molecule has 0 spiro atoms. The zero-order valence-corrected chi connectivity index (χ0v) is 16.1. The molecule has 0 saturated carbocycles. The van der Waals surface area contributed by atoms with Gasteiger partial charge in [-0.1, -0.05) is 42.5 Å². The molecule has 4 rings (SSSR count). The predicted octanol–water partition coefficient (Wildman–Crippen LogP) is 4.39. The van der Waals surface area contributed by atoms with Gasteiger partial charge in [-0.25, -0.2) is 5.43 Å². The Hall–Kier alpha value is -3.93. The smallest absolute Gasteiger partial charge is 0.289 e. The van der Waals surface area contributed by atoms with E-state index in [4.69, 9.17) is 4.74 Å². The molecule has 1 aromatic heterocycles. The van der Waals surface area contributed by atoms with Gasteiger partial charge in [0.05, 0.1) is 18.5 Å². The van der Waals surface area contributed by atoms with Crippen LogP contribution in [0.3, 0.4) is 0 Å². The van der Waals surface area contributed by atoms with E-state index in [2.05, 4.69) is 32.9 Å². The van der Waals surface area contributed by atoms with Gasteiger partial charge in [0.1, 0.15) is 11.4 Å². The molecule has 0 aliphatic carbocycles. The summed E-state index contributed by atoms with van der Waals surface area (Å²) < 4.78 is 5.16. The Kier molecular flexibility index (Phi) is 5.07. The minimum absolute atomic E-state index is 0.338. The molecule has 4 aromatic rings. The molecular formula is C23H20N4O2. The Morgan fingerprint density at radius 1 is 1.03 bits per heavy atom. The summed E-state index contributed by atoms with van der Waals surface area (Å²) >= 11 is 0.